The average molecular weight is 247 g/mol. The van der Waals surface area contributed by atoms with E-state index in [1.807, 2.05) is 31.5 Å². The predicted molar refractivity (Wildman–Crippen MR) is 69.4 cm³/mol. The van der Waals surface area contributed by atoms with Crippen LogP contribution < -0.4 is 10.6 Å². The molecule has 0 aliphatic rings. The van der Waals surface area contributed by atoms with Crippen molar-refractivity contribution in [1.82, 2.24) is 24.7 Å². The third-order valence-electron chi connectivity index (χ3n) is 2.58. The molecule has 96 valence electrons. The molecular weight excluding hydrogens is 230 g/mol. The van der Waals surface area contributed by atoms with Gasteiger partial charge in [0, 0.05) is 25.9 Å². The molecular formula is C11H17N7. The van der Waals surface area contributed by atoms with Gasteiger partial charge in [-0.1, -0.05) is 0 Å². The lowest BCUT2D eigenvalue weighted by molar-refractivity contribution is 0.716. The molecule has 1 unspecified atom stereocenters. The van der Waals surface area contributed by atoms with Crippen molar-refractivity contribution < 1.29 is 0 Å². The van der Waals surface area contributed by atoms with Crippen LogP contribution in [0.1, 0.15) is 24.5 Å². The zero-order valence-electron chi connectivity index (χ0n) is 11.0. The van der Waals surface area contributed by atoms with Gasteiger partial charge in [-0.2, -0.15) is 4.98 Å². The van der Waals surface area contributed by atoms with E-state index in [1.54, 1.807) is 13.4 Å². The maximum atomic E-state index is 4.34. The van der Waals surface area contributed by atoms with Crippen LogP contribution in [0.25, 0.3) is 0 Å². The van der Waals surface area contributed by atoms with Gasteiger partial charge in [-0.15, -0.1) is 10.2 Å². The van der Waals surface area contributed by atoms with Crippen molar-refractivity contribution in [3.05, 3.63) is 23.9 Å². The molecule has 1 atom stereocenters. The fourth-order valence-corrected chi connectivity index (χ4v) is 1.72. The summed E-state index contributed by atoms with van der Waals surface area (Å²) in [4.78, 5) is 8.59. The highest BCUT2D eigenvalue weighted by Crippen LogP contribution is 2.16. The van der Waals surface area contributed by atoms with E-state index >= 15 is 0 Å². The fourth-order valence-electron chi connectivity index (χ4n) is 1.72. The van der Waals surface area contributed by atoms with Crippen LogP contribution in [-0.2, 0) is 7.05 Å². The van der Waals surface area contributed by atoms with Crippen LogP contribution in [0.5, 0.6) is 0 Å². The minimum Gasteiger partial charge on any atom is -0.360 e. The summed E-state index contributed by atoms with van der Waals surface area (Å²) in [6.07, 6.45) is 1.68. The largest absolute Gasteiger partial charge is 0.360 e. The Morgan fingerprint density at radius 3 is 2.72 bits per heavy atom. The van der Waals surface area contributed by atoms with E-state index in [9.17, 15) is 0 Å². The first-order chi connectivity index (χ1) is 8.60. The molecule has 2 aromatic heterocycles. The topological polar surface area (TPSA) is 80.5 Å². The van der Waals surface area contributed by atoms with E-state index < -0.39 is 0 Å². The molecule has 2 rings (SSSR count). The van der Waals surface area contributed by atoms with Gasteiger partial charge in [-0.3, -0.25) is 0 Å². The summed E-state index contributed by atoms with van der Waals surface area (Å²) >= 11 is 0. The molecule has 2 heterocycles. The number of nitrogens with one attached hydrogen (secondary N) is 2. The smallest absolute Gasteiger partial charge is 0.224 e. The van der Waals surface area contributed by atoms with Gasteiger partial charge in [0.15, 0.2) is 5.82 Å². The summed E-state index contributed by atoms with van der Waals surface area (Å²) in [5.41, 5.74) is 0.905. The number of rotatable bonds is 4. The minimum atomic E-state index is 0.0245. The third kappa shape index (κ3) is 2.55. The lowest BCUT2D eigenvalue weighted by Crippen LogP contribution is -2.13. The molecule has 0 saturated heterocycles. The third-order valence-corrected chi connectivity index (χ3v) is 2.58. The van der Waals surface area contributed by atoms with Gasteiger partial charge in [0.05, 0.1) is 6.04 Å². The highest BCUT2D eigenvalue weighted by molar-refractivity contribution is 5.42. The van der Waals surface area contributed by atoms with E-state index in [1.165, 1.54) is 0 Å². The number of aromatic nitrogens is 5. The second kappa shape index (κ2) is 4.99. The molecule has 0 bridgehead atoms. The standard InChI is InChI=1S/C11H17N7/c1-7-5-9(16-11(12-3)14-7)15-8(2)10-17-13-6-18(10)4/h5-6,8H,1-4H3,(H2,12,14,15,16). The Kier molecular flexibility index (Phi) is 3.40. The van der Waals surface area contributed by atoms with E-state index in [4.69, 9.17) is 0 Å². The van der Waals surface area contributed by atoms with Crippen LogP contribution in [0.2, 0.25) is 0 Å². The first-order valence-corrected chi connectivity index (χ1v) is 5.74. The molecule has 18 heavy (non-hydrogen) atoms. The first-order valence-electron chi connectivity index (χ1n) is 5.74. The monoisotopic (exact) mass is 247 g/mol. The molecule has 0 aliphatic carbocycles. The van der Waals surface area contributed by atoms with E-state index in [0.29, 0.717) is 5.95 Å². The van der Waals surface area contributed by atoms with Gasteiger partial charge in [0.1, 0.15) is 12.1 Å². The van der Waals surface area contributed by atoms with Gasteiger partial charge in [0.2, 0.25) is 5.95 Å². The Hall–Kier alpha value is -2.18. The summed E-state index contributed by atoms with van der Waals surface area (Å²) in [5, 5.41) is 14.2. The van der Waals surface area contributed by atoms with Crippen molar-refractivity contribution in [3.8, 4) is 0 Å². The molecule has 0 saturated carbocycles. The van der Waals surface area contributed by atoms with Crippen LogP contribution in [-0.4, -0.2) is 31.8 Å². The molecule has 0 aromatic carbocycles. The lowest BCUT2D eigenvalue weighted by Gasteiger charge is -2.14. The Morgan fingerprint density at radius 2 is 2.11 bits per heavy atom. The van der Waals surface area contributed by atoms with Gasteiger partial charge in [0.25, 0.3) is 0 Å². The van der Waals surface area contributed by atoms with Crippen molar-refractivity contribution >= 4 is 11.8 Å². The number of aryl methyl sites for hydroxylation is 2. The SMILES string of the molecule is CNc1nc(C)cc(NC(C)c2nncn2C)n1. The molecule has 0 aliphatic heterocycles. The lowest BCUT2D eigenvalue weighted by atomic mass is 10.3. The molecule has 2 aromatic rings. The summed E-state index contributed by atoms with van der Waals surface area (Å²) < 4.78 is 1.88. The molecule has 7 nitrogen and oxygen atoms in total. The summed E-state index contributed by atoms with van der Waals surface area (Å²) in [6, 6.07) is 1.92. The van der Waals surface area contributed by atoms with Gasteiger partial charge >= 0.3 is 0 Å². The number of hydrogen-bond donors (Lipinski definition) is 2. The maximum absolute atomic E-state index is 4.34. The quantitative estimate of drug-likeness (QED) is 0.843. The average Bonchev–Trinajstić information content (AvgIpc) is 2.74. The Bertz CT molecular complexity index is 534. The number of nitrogens with zero attached hydrogens (tertiary/aromatic N) is 5. The van der Waals surface area contributed by atoms with Crippen molar-refractivity contribution in [2.75, 3.05) is 17.7 Å². The van der Waals surface area contributed by atoms with Crippen molar-refractivity contribution in [2.24, 2.45) is 7.05 Å². The van der Waals surface area contributed by atoms with Crippen LogP contribution >= 0.6 is 0 Å². The Morgan fingerprint density at radius 1 is 1.33 bits per heavy atom. The molecule has 0 radical (unpaired) electrons. The van der Waals surface area contributed by atoms with Crippen LogP contribution in [0.4, 0.5) is 11.8 Å². The second-order valence-electron chi connectivity index (χ2n) is 4.13. The first kappa shape index (κ1) is 12.3. The van der Waals surface area contributed by atoms with Crippen LogP contribution in [0, 0.1) is 6.92 Å². The summed E-state index contributed by atoms with van der Waals surface area (Å²) in [6.45, 7) is 3.95. The Balaban J connectivity index is 2.19. The summed E-state index contributed by atoms with van der Waals surface area (Å²) in [7, 11) is 3.71. The molecule has 0 spiro atoms. The highest BCUT2D eigenvalue weighted by Gasteiger charge is 2.12. The molecule has 0 fully saturated rings. The van der Waals surface area contributed by atoms with Gasteiger partial charge in [-0.25, -0.2) is 4.98 Å². The van der Waals surface area contributed by atoms with Gasteiger partial charge < -0.3 is 15.2 Å². The summed E-state index contributed by atoms with van der Waals surface area (Å²) in [5.74, 6) is 2.22. The van der Waals surface area contributed by atoms with Crippen molar-refractivity contribution in [2.45, 2.75) is 19.9 Å². The highest BCUT2D eigenvalue weighted by atomic mass is 15.3. The zero-order chi connectivity index (χ0) is 13.1. The van der Waals surface area contributed by atoms with E-state index in [2.05, 4.69) is 30.8 Å². The fraction of sp³-hybridized carbons (Fsp3) is 0.455. The molecule has 7 heteroatoms. The van der Waals surface area contributed by atoms with Crippen LogP contribution in [0.15, 0.2) is 12.4 Å². The van der Waals surface area contributed by atoms with Crippen molar-refractivity contribution in [3.63, 3.8) is 0 Å². The van der Waals surface area contributed by atoms with E-state index in [0.717, 1.165) is 17.3 Å². The number of anilines is 2. The van der Waals surface area contributed by atoms with Crippen molar-refractivity contribution in [1.29, 1.82) is 0 Å². The Labute approximate surface area is 106 Å². The normalized spacial score (nSPS) is 12.2. The van der Waals surface area contributed by atoms with E-state index in [-0.39, 0.29) is 6.04 Å². The predicted octanol–water partition coefficient (Wildman–Crippen LogP) is 1.13. The molecule has 0 amide bonds. The maximum Gasteiger partial charge on any atom is 0.224 e. The second-order valence-corrected chi connectivity index (χ2v) is 4.13. The zero-order valence-corrected chi connectivity index (χ0v) is 11.0. The number of hydrogen-bond acceptors (Lipinski definition) is 6. The minimum absolute atomic E-state index is 0.0245. The van der Waals surface area contributed by atoms with Crippen LogP contribution in [0.3, 0.4) is 0 Å². The van der Waals surface area contributed by atoms with Gasteiger partial charge in [-0.05, 0) is 13.8 Å². The molecule has 2 N–H and O–H groups in total.